The van der Waals surface area contributed by atoms with Crippen molar-refractivity contribution in [1.29, 1.82) is 0 Å². The van der Waals surface area contributed by atoms with Gasteiger partial charge in [-0.2, -0.15) is 0 Å². The van der Waals surface area contributed by atoms with Gasteiger partial charge < -0.3 is 10.1 Å². The van der Waals surface area contributed by atoms with Gasteiger partial charge in [0.15, 0.2) is 0 Å². The molecular weight excluding hydrogens is 254 g/mol. The molecule has 0 aliphatic rings. The van der Waals surface area contributed by atoms with Crippen molar-refractivity contribution in [3.8, 4) is 10.4 Å². The van der Waals surface area contributed by atoms with E-state index in [1.807, 2.05) is 18.4 Å². The minimum atomic E-state index is 0.459. The van der Waals surface area contributed by atoms with Crippen LogP contribution in [0.1, 0.15) is 29.8 Å². The van der Waals surface area contributed by atoms with Crippen LogP contribution in [0.5, 0.6) is 0 Å². The molecule has 0 radical (unpaired) electrons. The smallest absolute Gasteiger partial charge is 0.0713 e. The van der Waals surface area contributed by atoms with E-state index in [0.717, 1.165) is 6.42 Å². The molecule has 1 heterocycles. The number of hydrogen-bond donors (Lipinski definition) is 1. The fraction of sp³-hybridized carbons (Fsp3) is 0.375. The molecule has 0 saturated heterocycles. The Labute approximate surface area is 119 Å². The number of hydrogen-bond acceptors (Lipinski definition) is 3. The van der Waals surface area contributed by atoms with Gasteiger partial charge in [-0.1, -0.05) is 25.1 Å². The van der Waals surface area contributed by atoms with Crippen molar-refractivity contribution in [2.45, 2.75) is 26.0 Å². The second-order valence-electron chi connectivity index (χ2n) is 4.58. The molecule has 0 bridgehead atoms. The molecule has 1 N–H and O–H groups in total. The predicted molar refractivity (Wildman–Crippen MR) is 82.6 cm³/mol. The summed E-state index contributed by atoms with van der Waals surface area (Å²) in [4.78, 5) is 2.72. The number of thiophene rings is 1. The lowest BCUT2D eigenvalue weighted by atomic mass is 10.1. The fourth-order valence-electron chi connectivity index (χ4n) is 2.22. The molecule has 19 heavy (non-hydrogen) atoms. The van der Waals surface area contributed by atoms with Gasteiger partial charge in [0.25, 0.3) is 0 Å². The normalized spacial score (nSPS) is 12.6. The number of methoxy groups -OCH3 is 1. The molecule has 0 spiro atoms. The van der Waals surface area contributed by atoms with Gasteiger partial charge in [-0.15, -0.1) is 11.3 Å². The van der Waals surface area contributed by atoms with Gasteiger partial charge in [0.05, 0.1) is 6.61 Å². The van der Waals surface area contributed by atoms with Crippen molar-refractivity contribution < 1.29 is 4.74 Å². The molecule has 1 unspecified atom stereocenters. The highest BCUT2D eigenvalue weighted by Crippen LogP contribution is 2.32. The van der Waals surface area contributed by atoms with Crippen LogP contribution >= 0.6 is 11.3 Å². The SMILES string of the molecule is CCC(NC)c1ccc(-c2cccc(COC)c2)s1. The van der Waals surface area contributed by atoms with Crippen molar-refractivity contribution in [2.24, 2.45) is 0 Å². The molecule has 2 aromatic rings. The Morgan fingerprint density at radius 3 is 2.79 bits per heavy atom. The number of benzene rings is 1. The molecule has 102 valence electrons. The molecule has 2 rings (SSSR count). The van der Waals surface area contributed by atoms with E-state index < -0.39 is 0 Å². The molecule has 0 aliphatic heterocycles. The molecule has 0 fully saturated rings. The lowest BCUT2D eigenvalue weighted by Gasteiger charge is -2.10. The largest absolute Gasteiger partial charge is 0.380 e. The average molecular weight is 275 g/mol. The minimum Gasteiger partial charge on any atom is -0.380 e. The molecule has 1 aromatic carbocycles. The van der Waals surface area contributed by atoms with Crippen molar-refractivity contribution in [3.63, 3.8) is 0 Å². The summed E-state index contributed by atoms with van der Waals surface area (Å²) < 4.78 is 5.19. The van der Waals surface area contributed by atoms with Crippen LogP contribution in [-0.4, -0.2) is 14.2 Å². The van der Waals surface area contributed by atoms with E-state index in [1.165, 1.54) is 20.9 Å². The maximum Gasteiger partial charge on any atom is 0.0713 e. The van der Waals surface area contributed by atoms with Crippen LogP contribution < -0.4 is 5.32 Å². The topological polar surface area (TPSA) is 21.3 Å². The van der Waals surface area contributed by atoms with Gasteiger partial charge in [-0.3, -0.25) is 0 Å². The van der Waals surface area contributed by atoms with Crippen molar-refractivity contribution in [1.82, 2.24) is 5.32 Å². The van der Waals surface area contributed by atoms with E-state index in [4.69, 9.17) is 4.74 Å². The molecule has 2 nitrogen and oxygen atoms in total. The number of ether oxygens (including phenoxy) is 1. The Hall–Kier alpha value is -1.16. The van der Waals surface area contributed by atoms with Gasteiger partial charge in [0.1, 0.15) is 0 Å². The van der Waals surface area contributed by atoms with E-state index in [0.29, 0.717) is 12.6 Å². The fourth-order valence-corrected chi connectivity index (χ4v) is 3.42. The second kappa shape index (κ2) is 6.85. The van der Waals surface area contributed by atoms with Gasteiger partial charge in [-0.05, 0) is 42.8 Å². The van der Waals surface area contributed by atoms with Crippen LogP contribution in [0.2, 0.25) is 0 Å². The third-order valence-electron chi connectivity index (χ3n) is 3.25. The Bertz CT molecular complexity index is 517. The highest BCUT2D eigenvalue weighted by molar-refractivity contribution is 7.15. The van der Waals surface area contributed by atoms with Crippen LogP contribution in [0.3, 0.4) is 0 Å². The zero-order valence-electron chi connectivity index (χ0n) is 11.8. The van der Waals surface area contributed by atoms with Gasteiger partial charge in [-0.25, -0.2) is 0 Å². The third kappa shape index (κ3) is 3.44. The Morgan fingerprint density at radius 1 is 1.26 bits per heavy atom. The average Bonchev–Trinajstić information content (AvgIpc) is 2.91. The highest BCUT2D eigenvalue weighted by Gasteiger charge is 2.10. The van der Waals surface area contributed by atoms with E-state index in [9.17, 15) is 0 Å². The standard InChI is InChI=1S/C16H21NOS/c1-4-14(17-2)16-9-8-15(19-16)13-7-5-6-12(10-13)11-18-3/h5-10,14,17H,4,11H2,1-3H3. The van der Waals surface area contributed by atoms with Crippen LogP contribution in [0.15, 0.2) is 36.4 Å². The summed E-state index contributed by atoms with van der Waals surface area (Å²) in [5.74, 6) is 0. The minimum absolute atomic E-state index is 0.459. The zero-order valence-corrected chi connectivity index (χ0v) is 12.6. The van der Waals surface area contributed by atoms with Crippen LogP contribution in [0.4, 0.5) is 0 Å². The molecule has 0 amide bonds. The van der Waals surface area contributed by atoms with Crippen LogP contribution in [0, 0.1) is 0 Å². The first-order valence-corrected chi connectivity index (χ1v) is 7.45. The summed E-state index contributed by atoms with van der Waals surface area (Å²) in [5.41, 5.74) is 2.49. The maximum absolute atomic E-state index is 5.19. The number of nitrogens with one attached hydrogen (secondary N) is 1. The summed E-state index contributed by atoms with van der Waals surface area (Å²) in [7, 11) is 3.75. The first-order chi connectivity index (χ1) is 9.28. The summed E-state index contributed by atoms with van der Waals surface area (Å²) in [5, 5.41) is 3.35. The van der Waals surface area contributed by atoms with Gasteiger partial charge in [0, 0.05) is 22.9 Å². The lowest BCUT2D eigenvalue weighted by Crippen LogP contribution is -2.13. The first kappa shape index (κ1) is 14.3. The molecular formula is C16H21NOS. The van der Waals surface area contributed by atoms with Gasteiger partial charge in [0.2, 0.25) is 0 Å². The molecule has 3 heteroatoms. The predicted octanol–water partition coefficient (Wildman–Crippen LogP) is 4.23. The van der Waals surface area contributed by atoms with Crippen molar-refractivity contribution in [3.05, 3.63) is 46.8 Å². The van der Waals surface area contributed by atoms with E-state index in [2.05, 4.69) is 48.6 Å². The quantitative estimate of drug-likeness (QED) is 0.851. The Balaban J connectivity index is 2.24. The molecule has 1 aromatic heterocycles. The molecule has 1 atom stereocenters. The Morgan fingerprint density at radius 2 is 2.11 bits per heavy atom. The van der Waals surface area contributed by atoms with E-state index >= 15 is 0 Å². The summed E-state index contributed by atoms with van der Waals surface area (Å²) >= 11 is 1.87. The number of rotatable bonds is 6. The first-order valence-electron chi connectivity index (χ1n) is 6.63. The van der Waals surface area contributed by atoms with Crippen molar-refractivity contribution >= 4 is 11.3 Å². The van der Waals surface area contributed by atoms with E-state index in [-0.39, 0.29) is 0 Å². The zero-order chi connectivity index (χ0) is 13.7. The summed E-state index contributed by atoms with van der Waals surface area (Å²) in [6.45, 7) is 2.87. The second-order valence-corrected chi connectivity index (χ2v) is 5.70. The van der Waals surface area contributed by atoms with Crippen molar-refractivity contribution in [2.75, 3.05) is 14.2 Å². The highest BCUT2D eigenvalue weighted by atomic mass is 32.1. The van der Waals surface area contributed by atoms with Gasteiger partial charge >= 0.3 is 0 Å². The Kier molecular flexibility index (Phi) is 5.14. The molecule has 0 saturated carbocycles. The van der Waals surface area contributed by atoms with Crippen LogP contribution in [-0.2, 0) is 11.3 Å². The summed E-state index contributed by atoms with van der Waals surface area (Å²) in [6.07, 6.45) is 1.11. The molecule has 0 aliphatic carbocycles. The third-order valence-corrected chi connectivity index (χ3v) is 4.50. The van der Waals surface area contributed by atoms with Crippen LogP contribution in [0.25, 0.3) is 10.4 Å². The maximum atomic E-state index is 5.19. The monoisotopic (exact) mass is 275 g/mol. The summed E-state index contributed by atoms with van der Waals surface area (Å²) in [6, 6.07) is 13.5. The lowest BCUT2D eigenvalue weighted by molar-refractivity contribution is 0.185. The van der Waals surface area contributed by atoms with E-state index in [1.54, 1.807) is 7.11 Å².